The summed E-state index contributed by atoms with van der Waals surface area (Å²) >= 11 is 0. The van der Waals surface area contributed by atoms with E-state index >= 15 is 0 Å². The molecule has 1 heterocycles. The molecule has 0 spiro atoms. The number of hydrogen-bond donors (Lipinski definition) is 2. The maximum atomic E-state index is 11.1. The van der Waals surface area contributed by atoms with Crippen molar-refractivity contribution in [2.75, 3.05) is 6.54 Å². The van der Waals surface area contributed by atoms with Gasteiger partial charge in [0.25, 0.3) is 5.91 Å². The van der Waals surface area contributed by atoms with Crippen LogP contribution in [0.1, 0.15) is 20.3 Å². The number of ether oxygens (including phenoxy) is 1. The van der Waals surface area contributed by atoms with Crippen molar-refractivity contribution < 1.29 is 14.3 Å². The van der Waals surface area contributed by atoms with Gasteiger partial charge >= 0.3 is 0 Å². The van der Waals surface area contributed by atoms with Crippen molar-refractivity contribution in [2.45, 2.75) is 32.0 Å². The highest BCUT2D eigenvalue weighted by Crippen LogP contribution is 2.15. The minimum atomic E-state index is -0.675. The van der Waals surface area contributed by atoms with Crippen molar-refractivity contribution in [3.63, 3.8) is 0 Å². The molecule has 0 aromatic carbocycles. The Morgan fingerprint density at radius 3 is 2.50 bits per heavy atom. The first-order chi connectivity index (χ1) is 5.94. The third kappa shape index (κ3) is 3.25. The molecule has 1 rings (SSSR count). The number of carbonyl (C=O) groups is 2. The molecular weight excluding hydrogens is 208 g/mol. The lowest BCUT2D eigenvalue weighted by atomic mass is 10.1. The van der Waals surface area contributed by atoms with Crippen molar-refractivity contribution >= 4 is 24.2 Å². The van der Waals surface area contributed by atoms with E-state index < -0.39 is 11.7 Å². The van der Waals surface area contributed by atoms with Crippen molar-refractivity contribution in [3.8, 4) is 0 Å². The molecule has 3 N–H and O–H groups in total. The van der Waals surface area contributed by atoms with E-state index in [0.717, 1.165) is 0 Å². The minimum Gasteiger partial charge on any atom is -0.361 e. The van der Waals surface area contributed by atoms with Gasteiger partial charge in [-0.15, -0.1) is 12.4 Å². The lowest BCUT2D eigenvalue weighted by molar-refractivity contribution is -0.138. The molecule has 0 radical (unpaired) electrons. The van der Waals surface area contributed by atoms with Crippen LogP contribution in [-0.2, 0) is 14.3 Å². The van der Waals surface area contributed by atoms with Crippen molar-refractivity contribution in [1.29, 1.82) is 0 Å². The average Bonchev–Trinajstić information content (AvgIpc) is 2.30. The predicted octanol–water partition coefficient (Wildman–Crippen LogP) is -0.423. The Balaban J connectivity index is 0.00000169. The number of amides is 2. The smallest absolute Gasteiger partial charge is 0.256 e. The van der Waals surface area contributed by atoms with Crippen LogP contribution >= 0.6 is 12.4 Å². The molecule has 1 aliphatic rings. The second-order valence-electron chi connectivity index (χ2n) is 3.69. The van der Waals surface area contributed by atoms with E-state index in [1.807, 2.05) is 0 Å². The van der Waals surface area contributed by atoms with E-state index in [2.05, 4.69) is 5.32 Å². The van der Waals surface area contributed by atoms with E-state index in [9.17, 15) is 9.59 Å². The topological polar surface area (TPSA) is 81.4 Å². The highest BCUT2D eigenvalue weighted by molar-refractivity contribution is 6.04. The molecule has 0 aromatic rings. The van der Waals surface area contributed by atoms with Gasteiger partial charge in [0.05, 0.1) is 12.0 Å². The molecule has 0 aliphatic carbocycles. The summed E-state index contributed by atoms with van der Waals surface area (Å²) in [5.41, 5.74) is 4.86. The zero-order valence-electron chi connectivity index (χ0n) is 8.20. The fourth-order valence-corrected chi connectivity index (χ4v) is 1.06. The maximum absolute atomic E-state index is 11.1. The van der Waals surface area contributed by atoms with Gasteiger partial charge < -0.3 is 10.5 Å². The van der Waals surface area contributed by atoms with Crippen LogP contribution in [0.15, 0.2) is 0 Å². The third-order valence-corrected chi connectivity index (χ3v) is 1.88. The fraction of sp³-hybridized carbons (Fsp3) is 0.750. The van der Waals surface area contributed by atoms with Crippen molar-refractivity contribution in [1.82, 2.24) is 5.32 Å². The zero-order chi connectivity index (χ0) is 10.1. The Morgan fingerprint density at radius 2 is 2.14 bits per heavy atom. The summed E-state index contributed by atoms with van der Waals surface area (Å²) in [5.74, 6) is -0.658. The van der Waals surface area contributed by atoms with Crippen molar-refractivity contribution in [2.24, 2.45) is 5.73 Å². The summed E-state index contributed by atoms with van der Waals surface area (Å²) in [4.78, 5) is 21.9. The summed E-state index contributed by atoms with van der Waals surface area (Å²) in [6.07, 6.45) is -0.575. The van der Waals surface area contributed by atoms with Gasteiger partial charge in [-0.25, -0.2) is 0 Å². The van der Waals surface area contributed by atoms with E-state index in [4.69, 9.17) is 10.5 Å². The molecule has 0 saturated carbocycles. The van der Waals surface area contributed by atoms with Crippen LogP contribution in [0.4, 0.5) is 0 Å². The molecule has 1 atom stereocenters. The lowest BCUT2D eigenvalue weighted by Crippen LogP contribution is -2.40. The first kappa shape index (κ1) is 13.4. The van der Waals surface area contributed by atoms with Crippen LogP contribution in [0.2, 0.25) is 0 Å². The van der Waals surface area contributed by atoms with Gasteiger partial charge in [-0.05, 0) is 13.8 Å². The minimum absolute atomic E-state index is 0. The van der Waals surface area contributed by atoms with Crippen LogP contribution in [0.5, 0.6) is 0 Å². The molecule has 1 fully saturated rings. The highest BCUT2D eigenvalue weighted by Gasteiger charge is 2.35. The number of carbonyl (C=O) groups excluding carboxylic acids is 2. The summed E-state index contributed by atoms with van der Waals surface area (Å²) < 4.78 is 5.37. The molecule has 2 amide bonds. The summed E-state index contributed by atoms with van der Waals surface area (Å²) in [5, 5.41) is 2.17. The summed E-state index contributed by atoms with van der Waals surface area (Å²) in [6, 6.07) is 0. The van der Waals surface area contributed by atoms with E-state index in [1.165, 1.54) is 0 Å². The molecule has 0 bridgehead atoms. The monoisotopic (exact) mass is 222 g/mol. The molecule has 1 aliphatic heterocycles. The second kappa shape index (κ2) is 4.72. The lowest BCUT2D eigenvalue weighted by Gasteiger charge is -2.25. The van der Waals surface area contributed by atoms with Gasteiger partial charge in [-0.1, -0.05) is 0 Å². The van der Waals surface area contributed by atoms with Crippen LogP contribution in [-0.4, -0.2) is 30.1 Å². The van der Waals surface area contributed by atoms with Crippen LogP contribution < -0.4 is 11.1 Å². The highest BCUT2D eigenvalue weighted by atomic mass is 35.5. The normalized spacial score (nSPS) is 21.8. The molecule has 82 valence electrons. The summed E-state index contributed by atoms with van der Waals surface area (Å²) in [6.45, 7) is 3.87. The van der Waals surface area contributed by atoms with Crippen molar-refractivity contribution in [3.05, 3.63) is 0 Å². The standard InChI is InChI=1S/C8H14N2O3.ClH/c1-8(2,4-9)13-5-3-6(11)10-7(5)12;/h5H,3-4,9H2,1-2H3,(H,10,11,12);1H/t5-;/m1./s1. The molecule has 5 nitrogen and oxygen atoms in total. The van der Waals surface area contributed by atoms with E-state index in [-0.39, 0.29) is 30.6 Å². The van der Waals surface area contributed by atoms with Gasteiger partial charge in [0.1, 0.15) is 6.10 Å². The van der Waals surface area contributed by atoms with Crippen LogP contribution in [0.3, 0.4) is 0 Å². The van der Waals surface area contributed by atoms with E-state index in [0.29, 0.717) is 6.54 Å². The zero-order valence-corrected chi connectivity index (χ0v) is 9.02. The third-order valence-electron chi connectivity index (χ3n) is 1.88. The number of hydrogen-bond acceptors (Lipinski definition) is 4. The number of imide groups is 1. The Labute approximate surface area is 88.8 Å². The number of halogens is 1. The SMILES string of the molecule is CC(C)(CN)O[C@@H]1CC(=O)NC1=O.Cl. The van der Waals surface area contributed by atoms with Gasteiger partial charge in [-0.2, -0.15) is 0 Å². The first-order valence-electron chi connectivity index (χ1n) is 4.16. The number of rotatable bonds is 3. The molecule has 14 heavy (non-hydrogen) atoms. The molecule has 0 aromatic heterocycles. The second-order valence-corrected chi connectivity index (χ2v) is 3.69. The predicted molar refractivity (Wildman–Crippen MR) is 53.0 cm³/mol. The van der Waals surface area contributed by atoms with Crippen LogP contribution in [0.25, 0.3) is 0 Å². The number of nitrogens with two attached hydrogens (primary N) is 1. The Hall–Kier alpha value is -0.650. The van der Waals surface area contributed by atoms with Gasteiger partial charge in [0.2, 0.25) is 5.91 Å². The maximum Gasteiger partial charge on any atom is 0.256 e. The average molecular weight is 223 g/mol. The Bertz CT molecular complexity index is 243. The molecule has 1 saturated heterocycles. The van der Waals surface area contributed by atoms with Crippen LogP contribution in [0, 0.1) is 0 Å². The summed E-state index contributed by atoms with van der Waals surface area (Å²) in [7, 11) is 0. The first-order valence-corrected chi connectivity index (χ1v) is 4.16. The number of nitrogens with one attached hydrogen (secondary N) is 1. The van der Waals surface area contributed by atoms with Gasteiger partial charge in [-0.3, -0.25) is 14.9 Å². The Kier molecular flexibility index (Phi) is 4.51. The fourth-order valence-electron chi connectivity index (χ4n) is 1.06. The molecular formula is C8H15ClN2O3. The largest absolute Gasteiger partial charge is 0.361 e. The van der Waals surface area contributed by atoms with Gasteiger partial charge in [0.15, 0.2) is 0 Å². The van der Waals surface area contributed by atoms with E-state index in [1.54, 1.807) is 13.8 Å². The molecule has 6 heteroatoms. The Morgan fingerprint density at radius 1 is 1.57 bits per heavy atom. The van der Waals surface area contributed by atoms with Gasteiger partial charge in [0, 0.05) is 6.54 Å². The quantitative estimate of drug-likeness (QED) is 0.636. The molecule has 0 unspecified atom stereocenters.